The summed E-state index contributed by atoms with van der Waals surface area (Å²) in [4.78, 5) is 12.7. The average molecular weight is 425 g/mol. The Balaban J connectivity index is 1.74. The number of para-hydroxylation sites is 1. The maximum absolute atomic E-state index is 12.9. The maximum Gasteiger partial charge on any atom is 0.264 e. The van der Waals surface area contributed by atoms with Gasteiger partial charge in [0.05, 0.1) is 17.7 Å². The van der Waals surface area contributed by atoms with E-state index in [1.165, 1.54) is 4.31 Å². The Morgan fingerprint density at radius 1 is 0.933 bits per heavy atom. The van der Waals surface area contributed by atoms with Crippen LogP contribution in [0, 0.1) is 0 Å². The van der Waals surface area contributed by atoms with E-state index in [9.17, 15) is 13.2 Å². The molecule has 0 aliphatic rings. The molecule has 156 valence electrons. The minimum Gasteiger partial charge on any atom is -0.496 e. The monoisotopic (exact) mass is 424 g/mol. The molecule has 0 atom stereocenters. The zero-order chi connectivity index (χ0) is 21.6. The Labute approximate surface area is 177 Å². The Kier molecular flexibility index (Phi) is 6.74. The fourth-order valence-electron chi connectivity index (χ4n) is 3.12. The van der Waals surface area contributed by atoms with E-state index in [1.54, 1.807) is 68.6 Å². The molecule has 1 amide bonds. The lowest BCUT2D eigenvalue weighted by molar-refractivity contribution is 0.0950. The quantitative estimate of drug-likeness (QED) is 0.596. The van der Waals surface area contributed by atoms with Gasteiger partial charge in [-0.15, -0.1) is 0 Å². The summed E-state index contributed by atoms with van der Waals surface area (Å²) in [5, 5.41) is 2.86. The van der Waals surface area contributed by atoms with Gasteiger partial charge in [-0.2, -0.15) is 0 Å². The zero-order valence-electron chi connectivity index (χ0n) is 16.9. The number of carbonyl (C=O) groups is 1. The molecule has 0 aromatic heterocycles. The van der Waals surface area contributed by atoms with E-state index in [1.807, 2.05) is 24.3 Å². The van der Waals surface area contributed by atoms with Crippen LogP contribution in [-0.2, 0) is 16.6 Å². The highest BCUT2D eigenvalue weighted by Gasteiger charge is 2.23. The standard InChI is InChI=1S/C23H24N2O4S/c1-3-25(30(27,28)21-10-5-4-6-11-21)20-15-13-18(14-16-20)23(26)24-17-19-9-7-8-12-22(19)29-2/h4-16H,3,17H2,1-2H3,(H,24,26). The number of nitrogens with zero attached hydrogens (tertiary/aromatic N) is 1. The number of rotatable bonds is 8. The average Bonchev–Trinajstić information content (AvgIpc) is 2.79. The van der Waals surface area contributed by atoms with Gasteiger partial charge in [-0.1, -0.05) is 36.4 Å². The summed E-state index contributed by atoms with van der Waals surface area (Å²) < 4.78 is 32.5. The van der Waals surface area contributed by atoms with Gasteiger partial charge in [0.25, 0.3) is 15.9 Å². The summed E-state index contributed by atoms with van der Waals surface area (Å²) in [6.07, 6.45) is 0. The second-order valence-electron chi connectivity index (χ2n) is 6.52. The minimum atomic E-state index is -3.67. The fraction of sp³-hybridized carbons (Fsp3) is 0.174. The third-order valence-corrected chi connectivity index (χ3v) is 6.58. The first-order valence-electron chi connectivity index (χ1n) is 9.55. The molecule has 0 saturated carbocycles. The lowest BCUT2D eigenvalue weighted by Crippen LogP contribution is -2.30. The lowest BCUT2D eigenvalue weighted by Gasteiger charge is -2.23. The summed E-state index contributed by atoms with van der Waals surface area (Å²) in [7, 11) is -2.09. The number of ether oxygens (including phenoxy) is 1. The largest absolute Gasteiger partial charge is 0.496 e. The van der Waals surface area contributed by atoms with E-state index in [0.717, 1.165) is 5.56 Å². The fourth-order valence-corrected chi connectivity index (χ4v) is 4.61. The summed E-state index contributed by atoms with van der Waals surface area (Å²) >= 11 is 0. The molecule has 0 saturated heterocycles. The molecular weight excluding hydrogens is 400 g/mol. The minimum absolute atomic E-state index is 0.227. The third kappa shape index (κ3) is 4.63. The van der Waals surface area contributed by atoms with Gasteiger partial charge in [0.15, 0.2) is 0 Å². The number of anilines is 1. The van der Waals surface area contributed by atoms with Crippen molar-refractivity contribution in [1.82, 2.24) is 5.32 Å². The Morgan fingerprint density at radius 3 is 2.20 bits per heavy atom. The molecule has 3 rings (SSSR count). The lowest BCUT2D eigenvalue weighted by atomic mass is 10.1. The number of nitrogens with one attached hydrogen (secondary N) is 1. The molecule has 0 aliphatic heterocycles. The van der Waals surface area contributed by atoms with Crippen LogP contribution in [0.1, 0.15) is 22.8 Å². The second kappa shape index (κ2) is 9.45. The predicted octanol–water partition coefficient (Wildman–Crippen LogP) is 3.84. The van der Waals surface area contributed by atoms with Gasteiger partial charge < -0.3 is 10.1 Å². The number of benzene rings is 3. The molecule has 3 aromatic carbocycles. The smallest absolute Gasteiger partial charge is 0.264 e. The van der Waals surface area contributed by atoms with E-state index >= 15 is 0 Å². The van der Waals surface area contributed by atoms with E-state index in [-0.39, 0.29) is 17.3 Å². The van der Waals surface area contributed by atoms with E-state index in [2.05, 4.69) is 5.32 Å². The molecular formula is C23H24N2O4S. The molecule has 6 nitrogen and oxygen atoms in total. The molecule has 0 radical (unpaired) electrons. The Bertz CT molecular complexity index is 1100. The highest BCUT2D eigenvalue weighted by atomic mass is 32.2. The first-order valence-corrected chi connectivity index (χ1v) is 11.0. The van der Waals surface area contributed by atoms with Crippen LogP contribution in [0.5, 0.6) is 5.75 Å². The van der Waals surface area contributed by atoms with Crippen molar-refractivity contribution in [2.24, 2.45) is 0 Å². The van der Waals surface area contributed by atoms with Crippen molar-refractivity contribution in [2.45, 2.75) is 18.4 Å². The highest BCUT2D eigenvalue weighted by molar-refractivity contribution is 7.92. The topological polar surface area (TPSA) is 75.7 Å². The van der Waals surface area contributed by atoms with Crippen LogP contribution in [0.15, 0.2) is 83.8 Å². The summed E-state index contributed by atoms with van der Waals surface area (Å²) in [5.41, 5.74) is 1.82. The van der Waals surface area contributed by atoms with Crippen molar-refractivity contribution in [1.29, 1.82) is 0 Å². The molecule has 0 heterocycles. The van der Waals surface area contributed by atoms with Crippen molar-refractivity contribution in [3.8, 4) is 5.75 Å². The van der Waals surface area contributed by atoms with Gasteiger partial charge in [0.1, 0.15) is 5.75 Å². The van der Waals surface area contributed by atoms with E-state index in [4.69, 9.17) is 4.74 Å². The van der Waals surface area contributed by atoms with Gasteiger partial charge in [-0.05, 0) is 49.4 Å². The number of hydrogen-bond donors (Lipinski definition) is 1. The summed E-state index contributed by atoms with van der Waals surface area (Å²) in [6, 6.07) is 22.3. The second-order valence-corrected chi connectivity index (χ2v) is 8.39. The molecule has 1 N–H and O–H groups in total. The summed E-state index contributed by atoms with van der Waals surface area (Å²) in [5.74, 6) is 0.458. The Hall–Kier alpha value is -3.32. The molecule has 3 aromatic rings. The van der Waals surface area contributed by atoms with Gasteiger partial charge >= 0.3 is 0 Å². The van der Waals surface area contributed by atoms with E-state index < -0.39 is 10.0 Å². The number of methoxy groups -OCH3 is 1. The number of hydrogen-bond acceptors (Lipinski definition) is 4. The first kappa shape index (κ1) is 21.4. The third-order valence-electron chi connectivity index (χ3n) is 4.67. The normalized spacial score (nSPS) is 11.0. The predicted molar refractivity (Wildman–Crippen MR) is 117 cm³/mol. The zero-order valence-corrected chi connectivity index (χ0v) is 17.7. The molecule has 0 fully saturated rings. The van der Waals surface area contributed by atoms with Crippen LogP contribution in [-0.4, -0.2) is 28.0 Å². The van der Waals surface area contributed by atoms with Crippen molar-refractivity contribution in [2.75, 3.05) is 18.0 Å². The number of amides is 1. The van der Waals surface area contributed by atoms with Crippen molar-refractivity contribution in [3.05, 3.63) is 90.0 Å². The molecule has 7 heteroatoms. The van der Waals surface area contributed by atoms with Crippen LogP contribution in [0.2, 0.25) is 0 Å². The number of carbonyl (C=O) groups excluding carboxylic acids is 1. The summed E-state index contributed by atoms with van der Waals surface area (Å²) in [6.45, 7) is 2.37. The highest BCUT2D eigenvalue weighted by Crippen LogP contribution is 2.24. The first-order chi connectivity index (χ1) is 14.5. The van der Waals surface area contributed by atoms with Crippen LogP contribution < -0.4 is 14.4 Å². The van der Waals surface area contributed by atoms with Crippen molar-refractivity contribution in [3.63, 3.8) is 0 Å². The Morgan fingerprint density at radius 2 is 1.57 bits per heavy atom. The van der Waals surface area contributed by atoms with Crippen LogP contribution in [0.3, 0.4) is 0 Å². The molecule has 0 aliphatic carbocycles. The maximum atomic E-state index is 12.9. The van der Waals surface area contributed by atoms with Crippen molar-refractivity contribution < 1.29 is 17.9 Å². The SMILES string of the molecule is CCN(c1ccc(C(=O)NCc2ccccc2OC)cc1)S(=O)(=O)c1ccccc1. The van der Waals surface area contributed by atoms with Gasteiger partial charge in [0, 0.05) is 24.2 Å². The van der Waals surface area contributed by atoms with Crippen LogP contribution in [0.4, 0.5) is 5.69 Å². The molecule has 0 bridgehead atoms. The molecule has 0 unspecified atom stereocenters. The van der Waals surface area contributed by atoms with E-state index in [0.29, 0.717) is 23.5 Å². The van der Waals surface area contributed by atoms with Crippen LogP contribution >= 0.6 is 0 Å². The number of sulfonamides is 1. The molecule has 0 spiro atoms. The van der Waals surface area contributed by atoms with Crippen LogP contribution in [0.25, 0.3) is 0 Å². The van der Waals surface area contributed by atoms with Gasteiger partial charge in [-0.3, -0.25) is 9.10 Å². The van der Waals surface area contributed by atoms with Crippen molar-refractivity contribution >= 4 is 21.6 Å². The van der Waals surface area contributed by atoms with Gasteiger partial charge in [-0.25, -0.2) is 8.42 Å². The van der Waals surface area contributed by atoms with Gasteiger partial charge in [0.2, 0.25) is 0 Å². The molecule has 30 heavy (non-hydrogen) atoms.